The molecule has 1 aliphatic rings. The lowest BCUT2D eigenvalue weighted by atomic mass is 9.89. The van der Waals surface area contributed by atoms with Crippen LogP contribution in [-0.2, 0) is 6.18 Å². The Kier molecular flexibility index (Phi) is 5.19. The van der Waals surface area contributed by atoms with Crippen LogP contribution in [0.4, 0.5) is 13.2 Å². The average molecular weight is 453 g/mol. The molecule has 0 bridgehead atoms. The number of piperidine rings is 1. The maximum atomic E-state index is 14.0. The number of amides is 1. The largest absolute Gasteiger partial charge is 0.434 e. The van der Waals surface area contributed by atoms with Crippen molar-refractivity contribution in [1.29, 1.82) is 0 Å². The van der Waals surface area contributed by atoms with E-state index in [0.717, 1.165) is 27.5 Å². The van der Waals surface area contributed by atoms with Crippen LogP contribution in [0.2, 0.25) is 0 Å². The number of carbonyl (C=O) groups excluding carboxylic acids is 1. The molecule has 1 amide bonds. The summed E-state index contributed by atoms with van der Waals surface area (Å²) in [5.41, 5.74) is 1.43. The normalized spacial score (nSPS) is 15.3. The number of pyridine rings is 1. The zero-order valence-corrected chi connectivity index (χ0v) is 17.9. The van der Waals surface area contributed by atoms with Gasteiger partial charge in [-0.05, 0) is 55.0 Å². The SMILES string of the molecule is Cc1ccccc1-n1ncc(C(=O)N2CCC(c3c[nH]c4ncccc34)CC2)c1C(F)(F)F. The number of alkyl halides is 3. The molecule has 4 heterocycles. The predicted molar refractivity (Wildman–Crippen MR) is 117 cm³/mol. The van der Waals surface area contributed by atoms with Crippen molar-refractivity contribution in [2.75, 3.05) is 13.1 Å². The number of carbonyl (C=O) groups is 1. The van der Waals surface area contributed by atoms with Gasteiger partial charge >= 0.3 is 6.18 Å². The van der Waals surface area contributed by atoms with Crippen LogP contribution in [0.25, 0.3) is 16.7 Å². The molecular formula is C24H22F3N5O. The summed E-state index contributed by atoms with van der Waals surface area (Å²) in [6, 6.07) is 10.5. The number of nitrogens with zero attached hydrogens (tertiary/aromatic N) is 4. The van der Waals surface area contributed by atoms with E-state index in [0.29, 0.717) is 37.2 Å². The van der Waals surface area contributed by atoms with Crippen molar-refractivity contribution in [1.82, 2.24) is 24.6 Å². The molecule has 3 aromatic heterocycles. The Bertz CT molecular complexity index is 1320. The second-order valence-corrected chi connectivity index (χ2v) is 8.31. The fourth-order valence-corrected chi connectivity index (χ4v) is 4.64. The molecule has 1 saturated heterocycles. The minimum absolute atomic E-state index is 0.212. The molecule has 33 heavy (non-hydrogen) atoms. The zero-order valence-electron chi connectivity index (χ0n) is 17.9. The third-order valence-electron chi connectivity index (χ3n) is 6.32. The second-order valence-electron chi connectivity index (χ2n) is 8.31. The van der Waals surface area contributed by atoms with Crippen LogP contribution in [0.1, 0.15) is 45.9 Å². The average Bonchev–Trinajstić information content (AvgIpc) is 3.44. The summed E-state index contributed by atoms with van der Waals surface area (Å²) in [5, 5.41) is 5.00. The van der Waals surface area contributed by atoms with Gasteiger partial charge in [0.2, 0.25) is 0 Å². The fraction of sp³-hybridized carbons (Fsp3) is 0.292. The topological polar surface area (TPSA) is 66.8 Å². The van der Waals surface area contributed by atoms with Gasteiger partial charge in [-0.3, -0.25) is 4.79 Å². The number of nitrogens with one attached hydrogen (secondary N) is 1. The molecule has 0 spiro atoms. The van der Waals surface area contributed by atoms with E-state index in [1.165, 1.54) is 4.90 Å². The van der Waals surface area contributed by atoms with Gasteiger partial charge < -0.3 is 9.88 Å². The van der Waals surface area contributed by atoms with Crippen LogP contribution in [0.3, 0.4) is 0 Å². The number of rotatable bonds is 3. The highest BCUT2D eigenvalue weighted by atomic mass is 19.4. The summed E-state index contributed by atoms with van der Waals surface area (Å²) in [7, 11) is 0. The van der Waals surface area contributed by atoms with E-state index < -0.39 is 23.3 Å². The molecular weight excluding hydrogens is 431 g/mol. The van der Waals surface area contributed by atoms with Gasteiger partial charge in [-0.2, -0.15) is 18.3 Å². The molecule has 9 heteroatoms. The molecule has 0 saturated carbocycles. The minimum Gasteiger partial charge on any atom is -0.346 e. The Morgan fingerprint density at radius 1 is 1.12 bits per heavy atom. The molecule has 1 fully saturated rings. The van der Waals surface area contributed by atoms with E-state index >= 15 is 0 Å². The van der Waals surface area contributed by atoms with Gasteiger partial charge in [0, 0.05) is 30.9 Å². The maximum absolute atomic E-state index is 14.0. The number of aromatic nitrogens is 4. The predicted octanol–water partition coefficient (Wildman–Crippen LogP) is 5.10. The molecule has 0 unspecified atom stereocenters. The van der Waals surface area contributed by atoms with Gasteiger partial charge in [-0.25, -0.2) is 9.67 Å². The quantitative estimate of drug-likeness (QED) is 0.470. The van der Waals surface area contributed by atoms with Gasteiger partial charge in [0.05, 0.1) is 17.4 Å². The van der Waals surface area contributed by atoms with Gasteiger partial charge in [-0.1, -0.05) is 18.2 Å². The van der Waals surface area contributed by atoms with E-state index in [1.807, 2.05) is 18.3 Å². The summed E-state index contributed by atoms with van der Waals surface area (Å²) < 4.78 is 43.0. The number of hydrogen-bond acceptors (Lipinski definition) is 3. The summed E-state index contributed by atoms with van der Waals surface area (Å²) in [6.07, 6.45) is 1.31. The third-order valence-corrected chi connectivity index (χ3v) is 6.32. The highest BCUT2D eigenvalue weighted by Crippen LogP contribution is 2.37. The molecule has 6 nitrogen and oxygen atoms in total. The summed E-state index contributed by atoms with van der Waals surface area (Å²) in [4.78, 5) is 22.1. The lowest BCUT2D eigenvalue weighted by Crippen LogP contribution is -2.38. The van der Waals surface area contributed by atoms with Gasteiger partial charge in [-0.15, -0.1) is 0 Å². The Morgan fingerprint density at radius 2 is 1.88 bits per heavy atom. The first-order valence-electron chi connectivity index (χ1n) is 10.8. The Morgan fingerprint density at radius 3 is 2.61 bits per heavy atom. The highest BCUT2D eigenvalue weighted by molar-refractivity contribution is 5.95. The Hall–Kier alpha value is -3.62. The van der Waals surface area contributed by atoms with E-state index in [1.54, 1.807) is 37.4 Å². The van der Waals surface area contributed by atoms with Crippen LogP contribution in [-0.4, -0.2) is 43.6 Å². The van der Waals surface area contributed by atoms with Gasteiger partial charge in [0.1, 0.15) is 5.65 Å². The Labute approximate surface area is 188 Å². The van der Waals surface area contributed by atoms with Crippen molar-refractivity contribution >= 4 is 16.9 Å². The molecule has 5 rings (SSSR count). The number of likely N-dealkylation sites (tertiary alicyclic amines) is 1. The van der Waals surface area contributed by atoms with Gasteiger partial charge in [0.25, 0.3) is 5.91 Å². The molecule has 4 aromatic rings. The van der Waals surface area contributed by atoms with E-state index in [9.17, 15) is 18.0 Å². The second kappa shape index (κ2) is 8.06. The first-order valence-corrected chi connectivity index (χ1v) is 10.8. The molecule has 1 aliphatic heterocycles. The highest BCUT2D eigenvalue weighted by Gasteiger charge is 2.42. The Balaban J connectivity index is 1.40. The number of halogens is 3. The number of fused-ring (bicyclic) bond motifs is 1. The lowest BCUT2D eigenvalue weighted by Gasteiger charge is -2.32. The number of para-hydroxylation sites is 1. The van der Waals surface area contributed by atoms with E-state index in [2.05, 4.69) is 15.1 Å². The lowest BCUT2D eigenvalue weighted by molar-refractivity contribution is -0.143. The molecule has 1 aromatic carbocycles. The van der Waals surface area contributed by atoms with Crippen molar-refractivity contribution in [2.24, 2.45) is 0 Å². The van der Waals surface area contributed by atoms with Crippen LogP contribution in [0.15, 0.2) is 55.0 Å². The van der Waals surface area contributed by atoms with Crippen LogP contribution in [0.5, 0.6) is 0 Å². The van der Waals surface area contributed by atoms with Crippen LogP contribution < -0.4 is 0 Å². The first kappa shape index (κ1) is 21.2. The van der Waals surface area contributed by atoms with Crippen molar-refractivity contribution in [2.45, 2.75) is 31.9 Å². The smallest absolute Gasteiger partial charge is 0.346 e. The maximum Gasteiger partial charge on any atom is 0.434 e. The summed E-state index contributed by atoms with van der Waals surface area (Å²) in [5.74, 6) is -0.426. The number of benzene rings is 1. The van der Waals surface area contributed by atoms with Crippen LogP contribution >= 0.6 is 0 Å². The third kappa shape index (κ3) is 3.77. The fourth-order valence-electron chi connectivity index (χ4n) is 4.64. The van der Waals surface area contributed by atoms with E-state index in [-0.39, 0.29) is 5.92 Å². The van der Waals surface area contributed by atoms with Crippen molar-refractivity contribution in [3.8, 4) is 5.69 Å². The summed E-state index contributed by atoms with van der Waals surface area (Å²) in [6.45, 7) is 2.47. The summed E-state index contributed by atoms with van der Waals surface area (Å²) >= 11 is 0. The molecule has 170 valence electrons. The van der Waals surface area contributed by atoms with Crippen molar-refractivity contribution in [3.05, 3.63) is 77.4 Å². The zero-order chi connectivity index (χ0) is 23.2. The van der Waals surface area contributed by atoms with Crippen molar-refractivity contribution < 1.29 is 18.0 Å². The molecule has 1 N–H and O–H groups in total. The molecule has 0 radical (unpaired) electrons. The first-order chi connectivity index (χ1) is 15.8. The number of aryl methyl sites for hydroxylation is 1. The van der Waals surface area contributed by atoms with E-state index in [4.69, 9.17) is 0 Å². The number of H-pyrrole nitrogens is 1. The van der Waals surface area contributed by atoms with Crippen LogP contribution in [0, 0.1) is 6.92 Å². The minimum atomic E-state index is -4.72. The van der Waals surface area contributed by atoms with Crippen molar-refractivity contribution in [3.63, 3.8) is 0 Å². The molecule has 0 atom stereocenters. The number of hydrogen-bond donors (Lipinski definition) is 1. The molecule has 0 aliphatic carbocycles. The standard InChI is InChI=1S/C24H22F3N5O/c1-15-5-2-3-7-20(15)32-21(24(25,26)27)19(14-30-32)23(33)31-11-8-16(9-12-31)18-13-29-22-17(18)6-4-10-28-22/h2-7,10,13-14,16H,8-9,11-12H2,1H3,(H,28,29). The van der Waals surface area contributed by atoms with Gasteiger partial charge in [0.15, 0.2) is 5.69 Å². The monoisotopic (exact) mass is 453 g/mol. The number of aromatic amines is 1.